The summed E-state index contributed by atoms with van der Waals surface area (Å²) in [6.07, 6.45) is 0.0753. The summed E-state index contributed by atoms with van der Waals surface area (Å²) in [7, 11) is 0. The summed E-state index contributed by atoms with van der Waals surface area (Å²) in [6, 6.07) is 7.55. The number of hydrogen-bond acceptors (Lipinski definition) is 2. The Balaban J connectivity index is 2.45. The van der Waals surface area contributed by atoms with Gasteiger partial charge in [0.15, 0.2) is 0 Å². The first kappa shape index (κ1) is 12.9. The van der Waals surface area contributed by atoms with Gasteiger partial charge in [-0.05, 0) is 11.1 Å². The lowest BCUT2D eigenvalue weighted by molar-refractivity contribution is -0.136. The molecule has 0 fully saturated rings. The van der Waals surface area contributed by atoms with E-state index in [1.807, 2.05) is 24.3 Å². The number of carboxylic acids is 1. The number of halogens is 1. The molecule has 3 nitrogen and oxygen atoms in total. The molecule has 0 saturated heterocycles. The Hall–Kier alpha value is -1.13. The first-order valence-corrected chi connectivity index (χ1v) is 5.71. The van der Waals surface area contributed by atoms with Crippen LogP contribution in [-0.2, 0) is 17.8 Å². The molecule has 86 valence electrons. The summed E-state index contributed by atoms with van der Waals surface area (Å²) in [4.78, 5) is 10.5. The van der Waals surface area contributed by atoms with Crippen molar-refractivity contribution in [2.75, 3.05) is 6.54 Å². The highest BCUT2D eigenvalue weighted by molar-refractivity contribution is 9.11. The van der Waals surface area contributed by atoms with Crippen molar-refractivity contribution in [1.29, 1.82) is 0 Å². The van der Waals surface area contributed by atoms with Gasteiger partial charge in [-0.15, -0.1) is 0 Å². The summed E-state index contributed by atoms with van der Waals surface area (Å²) in [5, 5.41) is 11.8. The SMILES string of the molecule is C=C(Br)CNCc1ccc(CC(=O)O)cc1. The first-order chi connectivity index (χ1) is 7.58. The van der Waals surface area contributed by atoms with E-state index in [-0.39, 0.29) is 6.42 Å². The van der Waals surface area contributed by atoms with E-state index in [4.69, 9.17) is 5.11 Å². The molecule has 0 aliphatic heterocycles. The molecule has 16 heavy (non-hydrogen) atoms. The Labute approximate surface area is 103 Å². The minimum Gasteiger partial charge on any atom is -0.481 e. The zero-order chi connectivity index (χ0) is 12.0. The van der Waals surface area contributed by atoms with Gasteiger partial charge in [0.05, 0.1) is 6.42 Å². The maximum Gasteiger partial charge on any atom is 0.307 e. The Kier molecular flexibility index (Phi) is 5.22. The van der Waals surface area contributed by atoms with Crippen molar-refractivity contribution in [2.24, 2.45) is 0 Å². The molecule has 1 aromatic rings. The van der Waals surface area contributed by atoms with Gasteiger partial charge in [0.1, 0.15) is 0 Å². The first-order valence-electron chi connectivity index (χ1n) is 4.91. The predicted octanol–water partition coefficient (Wildman–Crippen LogP) is 2.31. The second kappa shape index (κ2) is 6.45. The number of hydrogen-bond donors (Lipinski definition) is 2. The zero-order valence-electron chi connectivity index (χ0n) is 8.87. The number of benzene rings is 1. The van der Waals surface area contributed by atoms with Gasteiger partial charge < -0.3 is 10.4 Å². The Morgan fingerprint density at radius 1 is 1.31 bits per heavy atom. The van der Waals surface area contributed by atoms with Crippen LogP contribution in [0.5, 0.6) is 0 Å². The molecule has 2 N–H and O–H groups in total. The molecule has 0 unspecified atom stereocenters. The summed E-state index contributed by atoms with van der Waals surface area (Å²) in [6.45, 7) is 5.19. The standard InChI is InChI=1S/C12H14BrNO2/c1-9(13)7-14-8-11-4-2-10(3-5-11)6-12(15)16/h2-5,14H,1,6-8H2,(H,15,16). The summed E-state index contributed by atoms with van der Waals surface area (Å²) >= 11 is 3.26. The quantitative estimate of drug-likeness (QED) is 0.842. The zero-order valence-corrected chi connectivity index (χ0v) is 10.5. The normalized spacial score (nSPS) is 10.1. The third-order valence-electron chi connectivity index (χ3n) is 2.02. The second-order valence-corrected chi connectivity index (χ2v) is 4.63. The van der Waals surface area contributed by atoms with Crippen LogP contribution in [0.1, 0.15) is 11.1 Å². The van der Waals surface area contributed by atoms with E-state index in [1.54, 1.807) is 0 Å². The molecule has 0 aromatic heterocycles. The third kappa shape index (κ3) is 5.09. The van der Waals surface area contributed by atoms with Crippen molar-refractivity contribution in [1.82, 2.24) is 5.32 Å². The Morgan fingerprint density at radius 3 is 2.38 bits per heavy atom. The van der Waals surface area contributed by atoms with Gasteiger partial charge in [-0.3, -0.25) is 4.79 Å². The number of aliphatic carboxylic acids is 1. The number of carboxylic acid groups (broad SMARTS) is 1. The van der Waals surface area contributed by atoms with E-state index in [9.17, 15) is 4.79 Å². The van der Waals surface area contributed by atoms with Gasteiger partial charge in [0.25, 0.3) is 0 Å². The van der Waals surface area contributed by atoms with Crippen LogP contribution in [0.3, 0.4) is 0 Å². The van der Waals surface area contributed by atoms with Crippen LogP contribution in [0, 0.1) is 0 Å². The molecule has 0 bridgehead atoms. The lowest BCUT2D eigenvalue weighted by Gasteiger charge is -2.04. The molecule has 1 aromatic carbocycles. The summed E-state index contributed by atoms with van der Waals surface area (Å²) < 4.78 is 0.912. The fourth-order valence-electron chi connectivity index (χ4n) is 1.29. The molecule has 0 radical (unpaired) electrons. The highest BCUT2D eigenvalue weighted by Gasteiger charge is 2.00. The molecule has 0 amide bonds. The fraction of sp³-hybridized carbons (Fsp3) is 0.250. The molecule has 0 saturated carbocycles. The maximum absolute atomic E-state index is 10.5. The van der Waals surface area contributed by atoms with Crippen LogP contribution >= 0.6 is 15.9 Å². The van der Waals surface area contributed by atoms with Crippen LogP contribution < -0.4 is 5.32 Å². The molecular weight excluding hydrogens is 270 g/mol. The molecule has 0 aliphatic rings. The van der Waals surface area contributed by atoms with Crippen LogP contribution in [0.25, 0.3) is 0 Å². The lowest BCUT2D eigenvalue weighted by atomic mass is 10.1. The van der Waals surface area contributed by atoms with Crippen molar-refractivity contribution in [3.8, 4) is 0 Å². The van der Waals surface area contributed by atoms with Crippen molar-refractivity contribution in [2.45, 2.75) is 13.0 Å². The number of rotatable bonds is 6. The summed E-state index contributed by atoms with van der Waals surface area (Å²) in [5.74, 6) is -0.804. The molecule has 0 spiro atoms. The highest BCUT2D eigenvalue weighted by Crippen LogP contribution is 2.05. The molecular formula is C12H14BrNO2. The summed E-state index contributed by atoms with van der Waals surface area (Å²) in [5.41, 5.74) is 1.95. The van der Waals surface area contributed by atoms with Crippen molar-refractivity contribution >= 4 is 21.9 Å². The van der Waals surface area contributed by atoms with E-state index in [0.717, 1.165) is 28.7 Å². The van der Waals surface area contributed by atoms with Crippen molar-refractivity contribution in [3.05, 3.63) is 46.5 Å². The Morgan fingerprint density at radius 2 is 1.88 bits per heavy atom. The smallest absolute Gasteiger partial charge is 0.307 e. The second-order valence-electron chi connectivity index (χ2n) is 3.51. The van der Waals surface area contributed by atoms with Crippen LogP contribution in [0.2, 0.25) is 0 Å². The van der Waals surface area contributed by atoms with Gasteiger partial charge in [0.2, 0.25) is 0 Å². The Bertz CT molecular complexity index is 373. The van der Waals surface area contributed by atoms with Crippen LogP contribution in [0.4, 0.5) is 0 Å². The largest absolute Gasteiger partial charge is 0.481 e. The topological polar surface area (TPSA) is 49.3 Å². The van der Waals surface area contributed by atoms with E-state index in [0.29, 0.717) is 0 Å². The monoisotopic (exact) mass is 283 g/mol. The fourth-order valence-corrected chi connectivity index (χ4v) is 1.49. The molecule has 0 atom stereocenters. The van der Waals surface area contributed by atoms with Gasteiger partial charge in [-0.25, -0.2) is 0 Å². The van der Waals surface area contributed by atoms with Crippen LogP contribution in [-0.4, -0.2) is 17.6 Å². The predicted molar refractivity (Wildman–Crippen MR) is 67.6 cm³/mol. The van der Waals surface area contributed by atoms with Gasteiger partial charge in [-0.2, -0.15) is 0 Å². The average Bonchev–Trinajstić information content (AvgIpc) is 2.19. The lowest BCUT2D eigenvalue weighted by Crippen LogP contribution is -2.14. The van der Waals surface area contributed by atoms with E-state index in [1.165, 1.54) is 0 Å². The molecule has 0 heterocycles. The van der Waals surface area contributed by atoms with E-state index < -0.39 is 5.97 Å². The maximum atomic E-state index is 10.5. The van der Waals surface area contributed by atoms with E-state index >= 15 is 0 Å². The molecule has 1 rings (SSSR count). The van der Waals surface area contributed by atoms with Crippen molar-refractivity contribution in [3.63, 3.8) is 0 Å². The third-order valence-corrected chi connectivity index (χ3v) is 2.30. The molecule has 4 heteroatoms. The van der Waals surface area contributed by atoms with Gasteiger partial charge in [0, 0.05) is 17.6 Å². The molecule has 0 aliphatic carbocycles. The number of carbonyl (C=O) groups is 1. The van der Waals surface area contributed by atoms with Gasteiger partial charge >= 0.3 is 5.97 Å². The van der Waals surface area contributed by atoms with E-state index in [2.05, 4.69) is 27.8 Å². The van der Waals surface area contributed by atoms with Gasteiger partial charge in [-0.1, -0.05) is 46.8 Å². The average molecular weight is 284 g/mol. The highest BCUT2D eigenvalue weighted by atomic mass is 79.9. The minimum absolute atomic E-state index is 0.0753. The number of nitrogens with one attached hydrogen (secondary N) is 1. The minimum atomic E-state index is -0.804. The van der Waals surface area contributed by atoms with Crippen molar-refractivity contribution < 1.29 is 9.90 Å². The van der Waals surface area contributed by atoms with Crippen LogP contribution in [0.15, 0.2) is 35.3 Å².